The smallest absolute Gasteiger partial charge is 0.339 e. The lowest BCUT2D eigenvalue weighted by Crippen LogP contribution is -2.39. The summed E-state index contributed by atoms with van der Waals surface area (Å²) in [4.78, 5) is 18.8. The Morgan fingerprint density at radius 3 is 2.71 bits per heavy atom. The third kappa shape index (κ3) is 4.18. The Morgan fingerprint density at radius 1 is 1.39 bits per heavy atom. The first kappa shape index (κ1) is 20.3. The molecule has 1 fully saturated rings. The topological polar surface area (TPSA) is 67.4 Å². The van der Waals surface area contributed by atoms with Gasteiger partial charge in [-0.15, -0.1) is 0 Å². The minimum atomic E-state index is -4.54. The minimum Gasteiger partial charge on any atom is -0.339 e. The second-order valence-corrected chi connectivity index (χ2v) is 7.02. The van der Waals surface area contributed by atoms with E-state index < -0.39 is 36.7 Å². The summed E-state index contributed by atoms with van der Waals surface area (Å²) in [5.41, 5.74) is 4.45. The molecule has 1 aromatic carbocycles. The molecule has 3 rings (SSSR count). The first-order chi connectivity index (χ1) is 13.0. The van der Waals surface area contributed by atoms with Crippen LogP contribution in [0.5, 0.6) is 0 Å². The molecule has 1 atom stereocenters. The second-order valence-electron chi connectivity index (χ2n) is 7.02. The van der Waals surface area contributed by atoms with Gasteiger partial charge in [0.2, 0.25) is 11.9 Å². The summed E-state index contributed by atoms with van der Waals surface area (Å²) in [6, 6.07) is 3.73. The monoisotopic (exact) mass is 405 g/mol. The van der Waals surface area contributed by atoms with E-state index in [1.54, 1.807) is 4.90 Å². The van der Waals surface area contributed by atoms with Crippen LogP contribution >= 0.6 is 0 Å². The Morgan fingerprint density at radius 2 is 2.11 bits per heavy atom. The number of anilines is 1. The van der Waals surface area contributed by atoms with Crippen molar-refractivity contribution in [1.82, 2.24) is 14.5 Å². The highest BCUT2D eigenvalue weighted by Crippen LogP contribution is 2.31. The maximum Gasteiger partial charge on any atom is 0.406 e. The average Bonchev–Trinajstić information content (AvgIpc) is 3.15. The van der Waals surface area contributed by atoms with Crippen LogP contribution < -0.4 is 10.6 Å². The van der Waals surface area contributed by atoms with Gasteiger partial charge in [-0.3, -0.25) is 4.79 Å². The highest BCUT2D eigenvalue weighted by molar-refractivity contribution is 5.83. The molecule has 0 saturated carbocycles. The van der Waals surface area contributed by atoms with Gasteiger partial charge in [-0.25, -0.2) is 13.8 Å². The Labute approximate surface area is 157 Å². The van der Waals surface area contributed by atoms with E-state index in [9.17, 15) is 26.7 Å². The van der Waals surface area contributed by atoms with Crippen LogP contribution in [0.4, 0.5) is 27.9 Å². The lowest BCUT2D eigenvalue weighted by molar-refractivity contribution is -0.158. The van der Waals surface area contributed by atoms with Gasteiger partial charge in [-0.2, -0.15) is 13.2 Å². The Hall–Kier alpha value is -2.43. The zero-order valence-corrected chi connectivity index (χ0v) is 15.1. The summed E-state index contributed by atoms with van der Waals surface area (Å²) in [6.07, 6.45) is -4.39. The molecule has 2 aromatic rings. The van der Waals surface area contributed by atoms with E-state index in [0.29, 0.717) is 10.4 Å². The number of alkyl halides is 4. The van der Waals surface area contributed by atoms with Crippen molar-refractivity contribution in [3.63, 3.8) is 0 Å². The van der Waals surface area contributed by atoms with E-state index in [1.807, 2.05) is 0 Å². The number of hydrogen-bond acceptors (Lipinski definition) is 4. The average molecular weight is 405 g/mol. The molecule has 1 amide bonds. The number of amides is 1. The molecule has 1 aliphatic heterocycles. The van der Waals surface area contributed by atoms with Gasteiger partial charge < -0.3 is 20.1 Å². The van der Waals surface area contributed by atoms with Crippen molar-refractivity contribution in [2.45, 2.75) is 24.8 Å². The molecule has 1 unspecified atom stereocenters. The summed E-state index contributed by atoms with van der Waals surface area (Å²) in [7, 11) is 1.03. The maximum absolute atomic E-state index is 14.5. The number of likely N-dealkylation sites (N-methyl/N-ethyl adjacent to an activating group) is 1. The van der Waals surface area contributed by atoms with Gasteiger partial charge in [0.15, 0.2) is 0 Å². The number of hydrogen-bond donors (Lipinski definition) is 1. The predicted octanol–water partition coefficient (Wildman–Crippen LogP) is 2.07. The van der Waals surface area contributed by atoms with Crippen molar-refractivity contribution in [2.75, 3.05) is 38.1 Å². The number of rotatable bonds is 5. The predicted molar refractivity (Wildman–Crippen MR) is 93.1 cm³/mol. The van der Waals surface area contributed by atoms with Crippen LogP contribution in [0.3, 0.4) is 0 Å². The number of aromatic nitrogens is 2. The fourth-order valence-electron chi connectivity index (χ4n) is 3.27. The van der Waals surface area contributed by atoms with Crippen LogP contribution in [0, 0.1) is 5.82 Å². The third-order valence-corrected chi connectivity index (χ3v) is 4.78. The van der Waals surface area contributed by atoms with Gasteiger partial charge in [0.1, 0.15) is 24.6 Å². The van der Waals surface area contributed by atoms with Gasteiger partial charge in [0, 0.05) is 26.6 Å². The van der Waals surface area contributed by atoms with Crippen molar-refractivity contribution < 1.29 is 26.7 Å². The number of halogens is 5. The van der Waals surface area contributed by atoms with Crippen molar-refractivity contribution in [2.24, 2.45) is 5.73 Å². The van der Waals surface area contributed by atoms with Crippen LogP contribution in [-0.4, -0.2) is 65.4 Å². The molecular weight excluding hydrogens is 385 g/mol. The van der Waals surface area contributed by atoms with Crippen molar-refractivity contribution in [3.8, 4) is 0 Å². The molecule has 2 N–H and O–H groups in total. The number of carbonyl (C=O) groups excluding carboxylic acids is 1. The van der Waals surface area contributed by atoms with E-state index in [1.165, 1.54) is 16.7 Å². The largest absolute Gasteiger partial charge is 0.406 e. The van der Waals surface area contributed by atoms with Gasteiger partial charge >= 0.3 is 6.18 Å². The molecule has 0 radical (unpaired) electrons. The van der Waals surface area contributed by atoms with Crippen LogP contribution in [-0.2, 0) is 11.3 Å². The second kappa shape index (κ2) is 7.19. The summed E-state index contributed by atoms with van der Waals surface area (Å²) < 4.78 is 67.3. The highest BCUT2D eigenvalue weighted by Gasteiger charge is 2.39. The number of benzene rings is 1. The van der Waals surface area contributed by atoms with Crippen LogP contribution in [0.15, 0.2) is 18.2 Å². The first-order valence-electron chi connectivity index (χ1n) is 8.62. The molecular formula is C17H20F5N5O. The molecule has 0 bridgehead atoms. The standard InChI is InChI=1S/C17H20F5N5O/c1-25(10-17(20,21)22)14(28)7-27-13-6-11(18)2-3-12(13)24-15(27)26-5-4-16(19,8-23)9-26/h2-3,6H,4-5,7-10,23H2,1H3. The van der Waals surface area contributed by atoms with Crippen molar-refractivity contribution in [3.05, 3.63) is 24.0 Å². The number of nitrogens with two attached hydrogens (primary N) is 1. The van der Waals surface area contributed by atoms with Gasteiger partial charge in [-0.05, 0) is 18.2 Å². The zero-order valence-electron chi connectivity index (χ0n) is 15.1. The number of carbonyl (C=O) groups is 1. The molecule has 0 spiro atoms. The maximum atomic E-state index is 14.5. The third-order valence-electron chi connectivity index (χ3n) is 4.78. The zero-order chi connectivity index (χ0) is 20.7. The molecule has 1 saturated heterocycles. The lowest BCUT2D eigenvalue weighted by atomic mass is 10.1. The number of imidazole rings is 1. The number of fused-ring (bicyclic) bond motifs is 1. The molecule has 154 valence electrons. The van der Waals surface area contributed by atoms with Crippen LogP contribution in [0.25, 0.3) is 11.0 Å². The molecule has 11 heteroatoms. The van der Waals surface area contributed by atoms with Gasteiger partial charge in [0.25, 0.3) is 0 Å². The lowest BCUT2D eigenvalue weighted by Gasteiger charge is -2.23. The van der Waals surface area contributed by atoms with Gasteiger partial charge in [0.05, 0.1) is 17.6 Å². The highest BCUT2D eigenvalue weighted by atomic mass is 19.4. The molecule has 28 heavy (non-hydrogen) atoms. The van der Waals surface area contributed by atoms with Crippen LogP contribution in [0.2, 0.25) is 0 Å². The SMILES string of the molecule is CN(CC(F)(F)F)C(=O)Cn1c(N2CCC(F)(CN)C2)nc2ccc(F)cc21. The minimum absolute atomic E-state index is 0.0676. The normalized spacial score (nSPS) is 20.2. The molecule has 2 heterocycles. The quantitative estimate of drug-likeness (QED) is 0.774. The Bertz CT molecular complexity index is 883. The van der Waals surface area contributed by atoms with E-state index >= 15 is 0 Å². The van der Waals surface area contributed by atoms with E-state index in [0.717, 1.165) is 13.1 Å². The summed E-state index contributed by atoms with van der Waals surface area (Å²) in [5.74, 6) is -1.21. The fraction of sp³-hybridized carbons (Fsp3) is 0.529. The summed E-state index contributed by atoms with van der Waals surface area (Å²) in [6.45, 7) is -1.88. The summed E-state index contributed by atoms with van der Waals surface area (Å²) in [5, 5.41) is 0. The van der Waals surface area contributed by atoms with Gasteiger partial charge in [-0.1, -0.05) is 0 Å². The molecule has 0 aliphatic carbocycles. The summed E-state index contributed by atoms with van der Waals surface area (Å²) >= 11 is 0. The van der Waals surface area contributed by atoms with Crippen molar-refractivity contribution >= 4 is 22.9 Å². The van der Waals surface area contributed by atoms with E-state index in [2.05, 4.69) is 4.98 Å². The fourth-order valence-corrected chi connectivity index (χ4v) is 3.27. The molecule has 6 nitrogen and oxygen atoms in total. The van der Waals surface area contributed by atoms with Crippen molar-refractivity contribution in [1.29, 1.82) is 0 Å². The molecule has 1 aliphatic rings. The van der Waals surface area contributed by atoms with Crippen LogP contribution in [0.1, 0.15) is 6.42 Å². The Kier molecular flexibility index (Phi) is 5.22. The molecule has 1 aromatic heterocycles. The van der Waals surface area contributed by atoms with E-state index in [-0.39, 0.29) is 37.5 Å². The van der Waals surface area contributed by atoms with E-state index in [4.69, 9.17) is 5.73 Å². The first-order valence-corrected chi connectivity index (χ1v) is 8.62. The Balaban J connectivity index is 1.95. The number of nitrogens with zero attached hydrogens (tertiary/aromatic N) is 4.